The van der Waals surface area contributed by atoms with Gasteiger partial charge in [-0.05, 0) is 43.5 Å². The molecule has 31 heavy (non-hydrogen) atoms. The normalized spacial score (nSPS) is 14.5. The van der Waals surface area contributed by atoms with Crippen molar-refractivity contribution in [2.24, 2.45) is 0 Å². The zero-order valence-electron chi connectivity index (χ0n) is 17.0. The molecule has 0 bridgehead atoms. The van der Waals surface area contributed by atoms with Crippen molar-refractivity contribution in [1.29, 1.82) is 0 Å². The highest BCUT2D eigenvalue weighted by atomic mass is 15.2. The highest BCUT2D eigenvalue weighted by molar-refractivity contribution is 6.00. The van der Waals surface area contributed by atoms with Crippen LogP contribution in [0.3, 0.4) is 0 Å². The molecule has 0 aliphatic carbocycles. The number of hydrogen-bond acceptors (Lipinski definition) is 6. The number of benzene rings is 1. The lowest BCUT2D eigenvalue weighted by Crippen LogP contribution is -2.30. The van der Waals surface area contributed by atoms with Crippen LogP contribution in [0.15, 0.2) is 48.9 Å². The van der Waals surface area contributed by atoms with Crippen molar-refractivity contribution < 1.29 is 0 Å². The second-order valence-corrected chi connectivity index (χ2v) is 7.99. The third kappa shape index (κ3) is 3.07. The standard InChI is InChI=1S/C23H22N8/c24-21-13-25-12-20(28-21)14-4-5-18-15(10-14)22(30-29-18)19-11-16-17(27-19)6-7-26-23(16)31-8-2-1-3-9-31/h4-7,10-13,27H,1-3,8-9H2,(H2,24,28)(H,29,30). The van der Waals surface area contributed by atoms with Gasteiger partial charge in [0.05, 0.1) is 34.8 Å². The van der Waals surface area contributed by atoms with Crippen molar-refractivity contribution >= 4 is 33.4 Å². The molecule has 0 atom stereocenters. The highest BCUT2D eigenvalue weighted by Crippen LogP contribution is 2.34. The number of nitrogens with zero attached hydrogens (tertiary/aromatic N) is 5. The first-order valence-electron chi connectivity index (χ1n) is 10.6. The van der Waals surface area contributed by atoms with Crippen LogP contribution in [0.25, 0.3) is 44.5 Å². The number of hydrogen-bond donors (Lipinski definition) is 3. The van der Waals surface area contributed by atoms with Crippen LogP contribution < -0.4 is 10.6 Å². The molecular formula is C23H22N8. The number of rotatable bonds is 3. The van der Waals surface area contributed by atoms with Gasteiger partial charge in [0, 0.05) is 35.6 Å². The maximum absolute atomic E-state index is 5.82. The summed E-state index contributed by atoms with van der Waals surface area (Å²) in [7, 11) is 0. The van der Waals surface area contributed by atoms with Crippen molar-refractivity contribution in [3.63, 3.8) is 0 Å². The topological polar surface area (TPSA) is 112 Å². The summed E-state index contributed by atoms with van der Waals surface area (Å²) in [5, 5.41) is 9.89. The molecule has 0 radical (unpaired) electrons. The summed E-state index contributed by atoms with van der Waals surface area (Å²) in [6.45, 7) is 2.12. The number of nitrogens with two attached hydrogens (primary N) is 1. The molecule has 0 unspecified atom stereocenters. The molecule has 0 spiro atoms. The lowest BCUT2D eigenvalue weighted by molar-refractivity contribution is 0.575. The predicted octanol–water partition coefficient (Wildman–Crippen LogP) is 4.14. The highest BCUT2D eigenvalue weighted by Gasteiger charge is 2.18. The minimum absolute atomic E-state index is 0.401. The number of pyridine rings is 1. The first-order chi connectivity index (χ1) is 15.3. The van der Waals surface area contributed by atoms with Crippen LogP contribution in [-0.4, -0.2) is 43.2 Å². The molecule has 1 aromatic carbocycles. The van der Waals surface area contributed by atoms with Gasteiger partial charge in [-0.15, -0.1) is 0 Å². The van der Waals surface area contributed by atoms with E-state index in [1.807, 2.05) is 24.4 Å². The third-order valence-electron chi connectivity index (χ3n) is 5.95. The summed E-state index contributed by atoms with van der Waals surface area (Å²) in [5.74, 6) is 1.45. The summed E-state index contributed by atoms with van der Waals surface area (Å²) >= 11 is 0. The van der Waals surface area contributed by atoms with E-state index >= 15 is 0 Å². The van der Waals surface area contributed by atoms with Gasteiger partial charge in [0.2, 0.25) is 0 Å². The average Bonchev–Trinajstić information content (AvgIpc) is 3.43. The van der Waals surface area contributed by atoms with Gasteiger partial charge in [-0.3, -0.25) is 10.1 Å². The first kappa shape index (κ1) is 17.9. The summed E-state index contributed by atoms with van der Waals surface area (Å²) in [6.07, 6.45) is 8.88. The largest absolute Gasteiger partial charge is 0.382 e. The molecule has 1 aliphatic heterocycles. The monoisotopic (exact) mass is 410 g/mol. The summed E-state index contributed by atoms with van der Waals surface area (Å²) in [5.41, 5.74) is 11.4. The van der Waals surface area contributed by atoms with E-state index < -0.39 is 0 Å². The Bertz CT molecular complexity index is 1390. The van der Waals surface area contributed by atoms with Crippen molar-refractivity contribution in [2.75, 3.05) is 23.7 Å². The Labute approximate surface area is 178 Å². The van der Waals surface area contributed by atoms with Crippen LogP contribution in [0.5, 0.6) is 0 Å². The van der Waals surface area contributed by atoms with Crippen LogP contribution in [0.4, 0.5) is 11.6 Å². The van der Waals surface area contributed by atoms with Crippen LogP contribution in [0.2, 0.25) is 0 Å². The van der Waals surface area contributed by atoms with E-state index in [4.69, 9.17) is 10.7 Å². The Hall–Kier alpha value is -3.94. The van der Waals surface area contributed by atoms with Gasteiger partial charge in [0.15, 0.2) is 0 Å². The zero-order valence-corrected chi connectivity index (χ0v) is 17.0. The molecule has 8 nitrogen and oxygen atoms in total. The maximum Gasteiger partial charge on any atom is 0.142 e. The van der Waals surface area contributed by atoms with Crippen molar-refractivity contribution in [1.82, 2.24) is 30.1 Å². The molecular weight excluding hydrogens is 388 g/mol. The average molecular weight is 410 g/mol. The maximum atomic E-state index is 5.82. The molecule has 8 heteroatoms. The number of aromatic nitrogens is 6. The summed E-state index contributed by atoms with van der Waals surface area (Å²) in [4.78, 5) is 19.2. The van der Waals surface area contributed by atoms with Gasteiger partial charge in [-0.2, -0.15) is 5.10 Å². The molecule has 4 N–H and O–H groups in total. The lowest BCUT2D eigenvalue weighted by atomic mass is 10.1. The Kier molecular flexibility index (Phi) is 4.09. The number of fused-ring (bicyclic) bond motifs is 2. The predicted molar refractivity (Wildman–Crippen MR) is 123 cm³/mol. The Morgan fingerprint density at radius 3 is 2.71 bits per heavy atom. The molecule has 4 aromatic heterocycles. The number of aromatic amines is 2. The number of H-pyrrole nitrogens is 2. The van der Waals surface area contributed by atoms with Crippen molar-refractivity contribution in [3.05, 3.63) is 48.9 Å². The molecule has 1 saturated heterocycles. The van der Waals surface area contributed by atoms with Gasteiger partial charge in [0.25, 0.3) is 0 Å². The third-order valence-corrected chi connectivity index (χ3v) is 5.95. The van der Waals surface area contributed by atoms with E-state index in [-0.39, 0.29) is 0 Å². The van der Waals surface area contributed by atoms with Crippen LogP contribution in [0, 0.1) is 0 Å². The molecule has 5 aromatic rings. The van der Waals surface area contributed by atoms with E-state index in [2.05, 4.69) is 42.2 Å². The van der Waals surface area contributed by atoms with Gasteiger partial charge < -0.3 is 15.6 Å². The second kappa shape index (κ2) is 7.09. The van der Waals surface area contributed by atoms with E-state index in [9.17, 15) is 0 Å². The van der Waals surface area contributed by atoms with Gasteiger partial charge >= 0.3 is 0 Å². The number of nitrogen functional groups attached to an aromatic ring is 1. The molecule has 0 amide bonds. The fourth-order valence-corrected chi connectivity index (χ4v) is 4.42. The van der Waals surface area contributed by atoms with Gasteiger partial charge in [-0.25, -0.2) is 9.97 Å². The number of nitrogens with one attached hydrogen (secondary N) is 2. The fourth-order valence-electron chi connectivity index (χ4n) is 4.42. The quantitative estimate of drug-likeness (QED) is 0.412. The van der Waals surface area contributed by atoms with Crippen LogP contribution in [-0.2, 0) is 0 Å². The second-order valence-electron chi connectivity index (χ2n) is 7.99. The minimum Gasteiger partial charge on any atom is -0.382 e. The first-order valence-corrected chi connectivity index (χ1v) is 10.6. The molecule has 5 heterocycles. The molecule has 0 saturated carbocycles. The van der Waals surface area contributed by atoms with E-state index in [0.29, 0.717) is 5.82 Å². The van der Waals surface area contributed by atoms with Crippen LogP contribution in [0.1, 0.15) is 19.3 Å². The lowest BCUT2D eigenvalue weighted by Gasteiger charge is -2.28. The smallest absolute Gasteiger partial charge is 0.142 e. The molecule has 1 aliphatic rings. The van der Waals surface area contributed by atoms with E-state index in [1.165, 1.54) is 19.3 Å². The van der Waals surface area contributed by atoms with E-state index in [0.717, 1.165) is 63.4 Å². The number of piperidine rings is 1. The van der Waals surface area contributed by atoms with Gasteiger partial charge in [0.1, 0.15) is 17.3 Å². The Morgan fingerprint density at radius 1 is 0.935 bits per heavy atom. The van der Waals surface area contributed by atoms with Crippen molar-refractivity contribution in [3.8, 4) is 22.6 Å². The van der Waals surface area contributed by atoms with Crippen LogP contribution >= 0.6 is 0 Å². The Morgan fingerprint density at radius 2 is 1.84 bits per heavy atom. The Balaban J connectivity index is 1.46. The minimum atomic E-state index is 0.401. The van der Waals surface area contributed by atoms with E-state index in [1.54, 1.807) is 12.4 Å². The molecule has 154 valence electrons. The van der Waals surface area contributed by atoms with Gasteiger partial charge in [-0.1, -0.05) is 6.07 Å². The molecule has 1 fully saturated rings. The van der Waals surface area contributed by atoms with Crippen molar-refractivity contribution in [2.45, 2.75) is 19.3 Å². The fraction of sp³-hybridized carbons (Fsp3) is 0.217. The SMILES string of the molecule is Nc1cncc(-c2ccc3[nH]nc(-c4cc5c(N6CCCCC6)nccc5[nH]4)c3c2)n1. The molecule has 6 rings (SSSR count). The number of anilines is 2. The zero-order chi connectivity index (χ0) is 20.8. The summed E-state index contributed by atoms with van der Waals surface area (Å²) in [6, 6.07) is 10.3. The summed E-state index contributed by atoms with van der Waals surface area (Å²) < 4.78 is 0.